The first-order valence-corrected chi connectivity index (χ1v) is 8.64. The number of benzene rings is 1. The number of nitrogens with one attached hydrogen (secondary N) is 1. The van der Waals surface area contributed by atoms with Crippen LogP contribution in [0.25, 0.3) is 0 Å². The molecule has 2 rings (SSSR count). The first kappa shape index (κ1) is 15.3. The Balaban J connectivity index is 1.94. The van der Waals surface area contributed by atoms with Crippen LogP contribution in [-0.4, -0.2) is 34.6 Å². The number of hydrogen-bond acceptors (Lipinski definition) is 4. The van der Waals surface area contributed by atoms with Gasteiger partial charge in [-0.3, -0.25) is 0 Å². The Morgan fingerprint density at radius 1 is 1.25 bits per heavy atom. The molecule has 6 heteroatoms. The predicted molar refractivity (Wildman–Crippen MR) is 81.3 cm³/mol. The third-order valence-electron chi connectivity index (χ3n) is 3.83. The van der Waals surface area contributed by atoms with Gasteiger partial charge in [-0.05, 0) is 56.1 Å². The van der Waals surface area contributed by atoms with Crippen molar-refractivity contribution in [2.75, 3.05) is 31.1 Å². The van der Waals surface area contributed by atoms with Crippen LogP contribution in [0.3, 0.4) is 0 Å². The van der Waals surface area contributed by atoms with Crippen molar-refractivity contribution < 1.29 is 8.42 Å². The SMILES string of the molecule is CCNCC1CCN(c2ccc(S(N)(=O)=O)cc2)CC1. The van der Waals surface area contributed by atoms with Gasteiger partial charge in [-0.15, -0.1) is 0 Å². The second kappa shape index (κ2) is 6.56. The normalized spacial score (nSPS) is 17.4. The number of piperidine rings is 1. The first-order chi connectivity index (χ1) is 9.50. The van der Waals surface area contributed by atoms with E-state index in [1.165, 1.54) is 12.8 Å². The summed E-state index contributed by atoms with van der Waals surface area (Å²) in [6, 6.07) is 6.83. The third-order valence-corrected chi connectivity index (χ3v) is 4.76. The quantitative estimate of drug-likeness (QED) is 0.855. The highest BCUT2D eigenvalue weighted by atomic mass is 32.2. The maximum absolute atomic E-state index is 11.2. The lowest BCUT2D eigenvalue weighted by Crippen LogP contribution is -2.37. The lowest BCUT2D eigenvalue weighted by Gasteiger charge is -2.33. The molecule has 0 aliphatic carbocycles. The molecule has 1 aliphatic heterocycles. The molecule has 1 aromatic carbocycles. The molecule has 0 spiro atoms. The third kappa shape index (κ3) is 3.94. The topological polar surface area (TPSA) is 75.4 Å². The van der Waals surface area contributed by atoms with Crippen LogP contribution in [0.2, 0.25) is 0 Å². The molecule has 1 aromatic rings. The predicted octanol–water partition coefficient (Wildman–Crippen LogP) is 1.16. The molecule has 0 atom stereocenters. The van der Waals surface area contributed by atoms with Crippen molar-refractivity contribution in [1.29, 1.82) is 0 Å². The molecule has 0 aromatic heterocycles. The summed E-state index contributed by atoms with van der Waals surface area (Å²) in [6.07, 6.45) is 2.34. The van der Waals surface area contributed by atoms with E-state index in [4.69, 9.17) is 5.14 Å². The maximum Gasteiger partial charge on any atom is 0.238 e. The summed E-state index contributed by atoms with van der Waals surface area (Å²) in [6.45, 7) is 6.28. The molecule has 112 valence electrons. The van der Waals surface area contributed by atoms with Crippen molar-refractivity contribution in [2.45, 2.75) is 24.7 Å². The first-order valence-electron chi connectivity index (χ1n) is 7.09. The summed E-state index contributed by atoms with van der Waals surface area (Å²) >= 11 is 0. The molecule has 1 fully saturated rings. The number of nitrogens with two attached hydrogens (primary N) is 1. The second-order valence-electron chi connectivity index (χ2n) is 5.28. The number of rotatable bonds is 5. The molecule has 1 heterocycles. The van der Waals surface area contributed by atoms with Crippen LogP contribution in [0.1, 0.15) is 19.8 Å². The minimum atomic E-state index is -3.60. The minimum absolute atomic E-state index is 0.170. The summed E-state index contributed by atoms with van der Waals surface area (Å²) in [4.78, 5) is 2.47. The molecule has 0 bridgehead atoms. The van der Waals surface area contributed by atoms with Gasteiger partial charge in [0.2, 0.25) is 10.0 Å². The lowest BCUT2D eigenvalue weighted by atomic mass is 9.96. The van der Waals surface area contributed by atoms with Crippen LogP contribution >= 0.6 is 0 Å². The number of sulfonamides is 1. The maximum atomic E-state index is 11.2. The highest BCUT2D eigenvalue weighted by molar-refractivity contribution is 7.89. The van der Waals surface area contributed by atoms with E-state index >= 15 is 0 Å². The fourth-order valence-corrected chi connectivity index (χ4v) is 3.11. The Hall–Kier alpha value is -1.11. The van der Waals surface area contributed by atoms with Crippen molar-refractivity contribution in [3.8, 4) is 0 Å². The van der Waals surface area contributed by atoms with Gasteiger partial charge in [0, 0.05) is 18.8 Å². The summed E-state index contributed by atoms with van der Waals surface area (Å²) < 4.78 is 22.4. The van der Waals surface area contributed by atoms with E-state index in [0.717, 1.165) is 37.8 Å². The van der Waals surface area contributed by atoms with Crippen LogP contribution in [0, 0.1) is 5.92 Å². The van der Waals surface area contributed by atoms with Crippen molar-refractivity contribution in [1.82, 2.24) is 5.32 Å². The molecular weight excluding hydrogens is 274 g/mol. The average molecular weight is 297 g/mol. The van der Waals surface area contributed by atoms with E-state index in [1.54, 1.807) is 12.1 Å². The van der Waals surface area contributed by atoms with Gasteiger partial charge in [-0.1, -0.05) is 6.92 Å². The lowest BCUT2D eigenvalue weighted by molar-refractivity contribution is 0.386. The zero-order valence-corrected chi connectivity index (χ0v) is 12.7. The molecule has 1 aliphatic rings. The van der Waals surface area contributed by atoms with E-state index in [1.807, 2.05) is 12.1 Å². The van der Waals surface area contributed by atoms with E-state index in [0.29, 0.717) is 0 Å². The van der Waals surface area contributed by atoms with Gasteiger partial charge in [-0.25, -0.2) is 13.6 Å². The smallest absolute Gasteiger partial charge is 0.238 e. The zero-order valence-electron chi connectivity index (χ0n) is 11.9. The number of hydrogen-bond donors (Lipinski definition) is 2. The summed E-state index contributed by atoms with van der Waals surface area (Å²) in [5, 5.41) is 8.50. The van der Waals surface area contributed by atoms with Crippen LogP contribution in [0.5, 0.6) is 0 Å². The van der Waals surface area contributed by atoms with Crippen molar-refractivity contribution in [3.63, 3.8) is 0 Å². The summed E-state index contributed by atoms with van der Waals surface area (Å²) in [5.74, 6) is 0.745. The second-order valence-corrected chi connectivity index (χ2v) is 6.84. The Kier molecular flexibility index (Phi) is 5.01. The van der Waals surface area contributed by atoms with Gasteiger partial charge in [0.25, 0.3) is 0 Å². The summed E-state index contributed by atoms with van der Waals surface area (Å²) in [5.41, 5.74) is 1.07. The van der Waals surface area contributed by atoms with Gasteiger partial charge in [0.1, 0.15) is 0 Å². The van der Waals surface area contributed by atoms with Crippen molar-refractivity contribution >= 4 is 15.7 Å². The average Bonchev–Trinajstić information content (AvgIpc) is 2.45. The molecule has 3 N–H and O–H groups in total. The molecule has 1 saturated heterocycles. The van der Waals surface area contributed by atoms with Gasteiger partial charge in [0.05, 0.1) is 4.90 Å². The van der Waals surface area contributed by atoms with E-state index in [9.17, 15) is 8.42 Å². The van der Waals surface area contributed by atoms with Crippen molar-refractivity contribution in [2.24, 2.45) is 11.1 Å². The van der Waals surface area contributed by atoms with Gasteiger partial charge < -0.3 is 10.2 Å². The largest absolute Gasteiger partial charge is 0.372 e. The highest BCUT2D eigenvalue weighted by Gasteiger charge is 2.19. The monoisotopic (exact) mass is 297 g/mol. The molecule has 20 heavy (non-hydrogen) atoms. The number of anilines is 1. The molecule has 0 radical (unpaired) electrons. The molecular formula is C14H23N3O2S. The molecule has 0 amide bonds. The Labute approximate surface area is 121 Å². The number of primary sulfonamides is 1. The van der Waals surface area contributed by atoms with E-state index in [2.05, 4.69) is 17.1 Å². The van der Waals surface area contributed by atoms with E-state index in [-0.39, 0.29) is 4.90 Å². The zero-order chi connectivity index (χ0) is 14.6. The number of nitrogens with zero attached hydrogens (tertiary/aromatic N) is 1. The van der Waals surface area contributed by atoms with Crippen LogP contribution in [0.15, 0.2) is 29.2 Å². The Bertz CT molecular complexity index is 520. The Morgan fingerprint density at radius 3 is 2.35 bits per heavy atom. The van der Waals surface area contributed by atoms with Crippen LogP contribution < -0.4 is 15.4 Å². The van der Waals surface area contributed by atoms with Crippen LogP contribution in [0.4, 0.5) is 5.69 Å². The minimum Gasteiger partial charge on any atom is -0.372 e. The van der Waals surface area contributed by atoms with Gasteiger partial charge >= 0.3 is 0 Å². The van der Waals surface area contributed by atoms with Crippen molar-refractivity contribution in [3.05, 3.63) is 24.3 Å². The van der Waals surface area contributed by atoms with Crippen LogP contribution in [-0.2, 0) is 10.0 Å². The molecule has 0 unspecified atom stereocenters. The molecule has 5 nitrogen and oxygen atoms in total. The molecule has 0 saturated carbocycles. The summed E-state index contributed by atoms with van der Waals surface area (Å²) in [7, 11) is -3.60. The van der Waals surface area contributed by atoms with E-state index < -0.39 is 10.0 Å². The fraction of sp³-hybridized carbons (Fsp3) is 0.571. The standard InChI is InChI=1S/C14H23N3O2S/c1-2-16-11-12-7-9-17(10-8-12)13-3-5-14(6-4-13)20(15,18)19/h3-6,12,16H,2,7-11H2,1H3,(H2,15,18,19). The highest BCUT2D eigenvalue weighted by Crippen LogP contribution is 2.23. The Morgan fingerprint density at radius 2 is 1.85 bits per heavy atom. The fourth-order valence-electron chi connectivity index (χ4n) is 2.59. The van der Waals surface area contributed by atoms with Gasteiger partial charge in [0.15, 0.2) is 0 Å². The van der Waals surface area contributed by atoms with Gasteiger partial charge in [-0.2, -0.15) is 0 Å².